The zero-order valence-electron chi connectivity index (χ0n) is 6.60. The highest BCUT2D eigenvalue weighted by Crippen LogP contribution is 2.19. The third-order valence-electron chi connectivity index (χ3n) is 1.48. The van der Waals surface area contributed by atoms with E-state index < -0.39 is 4.92 Å². The van der Waals surface area contributed by atoms with Gasteiger partial charge in [-0.15, -0.1) is 0 Å². The van der Waals surface area contributed by atoms with Gasteiger partial charge in [0.25, 0.3) is 0 Å². The summed E-state index contributed by atoms with van der Waals surface area (Å²) in [5.41, 5.74) is 5.97. The van der Waals surface area contributed by atoms with Gasteiger partial charge in [0, 0.05) is 6.04 Å². The van der Waals surface area contributed by atoms with Gasteiger partial charge in [-0.25, -0.2) is 0 Å². The third-order valence-corrected chi connectivity index (χ3v) is 1.48. The fraction of sp³-hybridized carbons (Fsp3) is 0.286. The molecule has 1 atom stereocenters. The molecule has 5 heteroatoms. The Hall–Kier alpha value is -1.49. The molecule has 64 valence electrons. The molecule has 0 radical (unpaired) electrons. The van der Waals surface area contributed by atoms with Crippen molar-refractivity contribution in [3.8, 4) is 0 Å². The average Bonchev–Trinajstić information content (AvgIpc) is 2.04. The summed E-state index contributed by atoms with van der Waals surface area (Å²) in [5, 5.41) is 10.4. The number of nitrogens with zero attached hydrogens (tertiary/aromatic N) is 2. The van der Waals surface area contributed by atoms with Crippen LogP contribution in [0.4, 0.5) is 5.82 Å². The number of pyridine rings is 1. The van der Waals surface area contributed by atoms with E-state index in [1.807, 2.05) is 0 Å². The Morgan fingerprint density at radius 2 is 2.42 bits per heavy atom. The smallest absolute Gasteiger partial charge is 0.358 e. The molecule has 1 aromatic heterocycles. The van der Waals surface area contributed by atoms with Gasteiger partial charge >= 0.3 is 5.82 Å². The van der Waals surface area contributed by atoms with Crippen molar-refractivity contribution in [2.24, 2.45) is 5.73 Å². The minimum Gasteiger partial charge on any atom is -0.358 e. The van der Waals surface area contributed by atoms with Gasteiger partial charge in [0.1, 0.15) is 6.20 Å². The second-order valence-corrected chi connectivity index (χ2v) is 2.46. The first-order valence-electron chi connectivity index (χ1n) is 3.48. The van der Waals surface area contributed by atoms with Crippen LogP contribution in [0.15, 0.2) is 18.3 Å². The molecule has 0 aromatic carbocycles. The Balaban J connectivity index is 3.17. The van der Waals surface area contributed by atoms with Gasteiger partial charge in [0.15, 0.2) is 0 Å². The Kier molecular flexibility index (Phi) is 2.35. The van der Waals surface area contributed by atoms with Crippen LogP contribution in [0.1, 0.15) is 18.5 Å². The van der Waals surface area contributed by atoms with Crippen molar-refractivity contribution in [2.45, 2.75) is 13.0 Å². The average molecular weight is 167 g/mol. The van der Waals surface area contributed by atoms with Crippen LogP contribution in [0.2, 0.25) is 0 Å². The number of nitrogens with two attached hydrogens (primary N) is 1. The van der Waals surface area contributed by atoms with Gasteiger partial charge in [0.05, 0.1) is 5.56 Å². The maximum absolute atomic E-state index is 10.4. The molecule has 0 aliphatic rings. The molecule has 0 aliphatic heterocycles. The van der Waals surface area contributed by atoms with Crippen molar-refractivity contribution in [2.75, 3.05) is 0 Å². The zero-order valence-corrected chi connectivity index (χ0v) is 6.60. The van der Waals surface area contributed by atoms with Crippen LogP contribution < -0.4 is 5.73 Å². The van der Waals surface area contributed by atoms with Gasteiger partial charge < -0.3 is 15.8 Å². The molecule has 5 nitrogen and oxygen atoms in total. The second kappa shape index (κ2) is 3.27. The highest BCUT2D eigenvalue weighted by molar-refractivity contribution is 5.33. The topological polar surface area (TPSA) is 82.0 Å². The summed E-state index contributed by atoms with van der Waals surface area (Å²) >= 11 is 0. The Bertz CT molecular complexity index is 298. The lowest BCUT2D eigenvalue weighted by Gasteiger charge is -2.03. The largest absolute Gasteiger partial charge is 0.368 e. The number of hydrogen-bond donors (Lipinski definition) is 1. The third kappa shape index (κ3) is 1.57. The first-order chi connectivity index (χ1) is 5.63. The molecule has 0 aliphatic carbocycles. The van der Waals surface area contributed by atoms with Gasteiger partial charge in [0.2, 0.25) is 0 Å². The van der Waals surface area contributed by atoms with Crippen molar-refractivity contribution in [3.05, 3.63) is 34.0 Å². The van der Waals surface area contributed by atoms with Gasteiger partial charge in [-0.2, -0.15) is 0 Å². The summed E-state index contributed by atoms with van der Waals surface area (Å²) in [4.78, 5) is 13.5. The Morgan fingerprint density at radius 1 is 1.75 bits per heavy atom. The van der Waals surface area contributed by atoms with Gasteiger partial charge in [-0.1, -0.05) is 0 Å². The van der Waals surface area contributed by atoms with E-state index in [1.165, 1.54) is 6.20 Å². The molecule has 1 rings (SSSR count). The normalized spacial score (nSPS) is 12.5. The summed E-state index contributed by atoms with van der Waals surface area (Å²) < 4.78 is 0. The summed E-state index contributed by atoms with van der Waals surface area (Å²) in [6, 6.07) is 2.88. The van der Waals surface area contributed by atoms with Crippen LogP contribution in [-0.4, -0.2) is 9.91 Å². The van der Waals surface area contributed by atoms with Crippen molar-refractivity contribution in [1.82, 2.24) is 4.98 Å². The molecule has 0 unspecified atom stereocenters. The lowest BCUT2D eigenvalue weighted by molar-refractivity contribution is -0.390. The summed E-state index contributed by atoms with van der Waals surface area (Å²) in [5.74, 6) is -0.160. The molecule has 0 bridgehead atoms. The maximum Gasteiger partial charge on any atom is 0.368 e. The highest BCUT2D eigenvalue weighted by atomic mass is 16.6. The van der Waals surface area contributed by atoms with E-state index in [-0.39, 0.29) is 11.9 Å². The minimum absolute atomic E-state index is 0.160. The Labute approximate surface area is 69.4 Å². The first kappa shape index (κ1) is 8.61. The van der Waals surface area contributed by atoms with Crippen LogP contribution in [0.5, 0.6) is 0 Å². The molecule has 0 fully saturated rings. The first-order valence-corrected chi connectivity index (χ1v) is 3.48. The zero-order chi connectivity index (χ0) is 9.14. The van der Waals surface area contributed by atoms with Crippen LogP contribution in [0, 0.1) is 10.1 Å². The fourth-order valence-electron chi connectivity index (χ4n) is 0.917. The quantitative estimate of drug-likeness (QED) is 0.526. The van der Waals surface area contributed by atoms with Crippen LogP contribution >= 0.6 is 0 Å². The summed E-state index contributed by atoms with van der Waals surface area (Å²) in [7, 11) is 0. The fourth-order valence-corrected chi connectivity index (χ4v) is 0.917. The predicted molar refractivity (Wildman–Crippen MR) is 43.5 cm³/mol. The standard InChI is InChI=1S/C7H9N3O2/c1-5(8)6-3-2-4-9-7(6)10(11)12/h2-5H,8H2,1H3/t5-/m1/s1. The molecular weight excluding hydrogens is 158 g/mol. The molecule has 1 aromatic rings. The van der Waals surface area contributed by atoms with Crippen molar-refractivity contribution < 1.29 is 4.92 Å². The van der Waals surface area contributed by atoms with Crippen molar-refractivity contribution >= 4 is 5.82 Å². The molecule has 12 heavy (non-hydrogen) atoms. The van der Waals surface area contributed by atoms with E-state index in [4.69, 9.17) is 5.73 Å². The number of aromatic nitrogens is 1. The van der Waals surface area contributed by atoms with E-state index in [9.17, 15) is 10.1 Å². The second-order valence-electron chi connectivity index (χ2n) is 2.46. The SMILES string of the molecule is C[C@@H](N)c1cccnc1[N+](=O)[O-]. The molecule has 0 amide bonds. The molecule has 0 saturated carbocycles. The molecular formula is C7H9N3O2. The highest BCUT2D eigenvalue weighted by Gasteiger charge is 2.16. The van der Waals surface area contributed by atoms with E-state index in [0.717, 1.165) is 0 Å². The van der Waals surface area contributed by atoms with Crippen molar-refractivity contribution in [3.63, 3.8) is 0 Å². The molecule has 1 heterocycles. The van der Waals surface area contributed by atoms with E-state index in [1.54, 1.807) is 19.1 Å². The molecule has 0 spiro atoms. The van der Waals surface area contributed by atoms with Crippen LogP contribution in [0.3, 0.4) is 0 Å². The van der Waals surface area contributed by atoms with Crippen LogP contribution in [-0.2, 0) is 0 Å². The van der Waals surface area contributed by atoms with E-state index >= 15 is 0 Å². The van der Waals surface area contributed by atoms with Crippen molar-refractivity contribution in [1.29, 1.82) is 0 Å². The number of nitro groups is 1. The Morgan fingerprint density at radius 3 is 2.83 bits per heavy atom. The summed E-state index contributed by atoms with van der Waals surface area (Å²) in [6.45, 7) is 1.68. The molecule has 2 N–H and O–H groups in total. The maximum atomic E-state index is 10.4. The van der Waals surface area contributed by atoms with E-state index in [2.05, 4.69) is 4.98 Å². The van der Waals surface area contributed by atoms with Crippen LogP contribution in [0.25, 0.3) is 0 Å². The molecule has 0 saturated heterocycles. The predicted octanol–water partition coefficient (Wildman–Crippen LogP) is 1.01. The lowest BCUT2D eigenvalue weighted by atomic mass is 10.1. The summed E-state index contributed by atoms with van der Waals surface area (Å²) in [6.07, 6.45) is 1.38. The number of hydrogen-bond acceptors (Lipinski definition) is 4. The lowest BCUT2D eigenvalue weighted by Crippen LogP contribution is -2.08. The minimum atomic E-state index is -0.529. The monoisotopic (exact) mass is 167 g/mol. The van der Waals surface area contributed by atoms with E-state index in [0.29, 0.717) is 5.56 Å². The number of rotatable bonds is 2. The van der Waals surface area contributed by atoms with Gasteiger partial charge in [-0.3, -0.25) is 0 Å². The van der Waals surface area contributed by atoms with Gasteiger partial charge in [-0.05, 0) is 29.0 Å².